The molecule has 37 heavy (non-hydrogen) atoms. The summed E-state index contributed by atoms with van der Waals surface area (Å²) in [6.45, 7) is 0. The number of aryl methyl sites for hydroxylation is 2. The molecule has 0 saturated carbocycles. The highest BCUT2D eigenvalue weighted by Crippen LogP contribution is 2.58. The van der Waals surface area contributed by atoms with E-state index in [2.05, 4.69) is 15.0 Å². The van der Waals surface area contributed by atoms with Gasteiger partial charge in [0.25, 0.3) is 0 Å². The van der Waals surface area contributed by atoms with Gasteiger partial charge in [0.15, 0.2) is 11.9 Å². The second-order valence-corrected chi connectivity index (χ2v) is 12.0. The lowest BCUT2D eigenvalue weighted by Gasteiger charge is -2.21. The molecule has 194 valence electrons. The Labute approximate surface area is 217 Å². The number of ether oxygens (including phenoxy) is 1. The molecule has 0 bridgehead atoms. The monoisotopic (exact) mass is 542 g/mol. The Hall–Kier alpha value is -2.63. The molecule has 4 aromatic rings. The topological polar surface area (TPSA) is 151 Å². The van der Waals surface area contributed by atoms with Crippen molar-refractivity contribution in [1.82, 2.24) is 19.5 Å². The Morgan fingerprint density at radius 1 is 0.946 bits per heavy atom. The summed E-state index contributed by atoms with van der Waals surface area (Å²) in [5.74, 6) is 0.0589. The molecular weight excluding hydrogens is 515 g/mol. The summed E-state index contributed by atoms with van der Waals surface area (Å²) in [7, 11) is -4.49. The van der Waals surface area contributed by atoms with Gasteiger partial charge in [-0.2, -0.15) is 0 Å². The first-order valence-corrected chi connectivity index (χ1v) is 14.5. The molecule has 5 rings (SSSR count). The van der Waals surface area contributed by atoms with Crippen molar-refractivity contribution in [3.05, 3.63) is 90.1 Å². The smallest absolute Gasteiger partial charge is 0.342 e. The standard InChI is InChI=1S/C25H27N4O6PS/c30-21-19(13-37-25(36(32,33)34)17-9-5-2-6-10-17)35-24(22(21)31)29-15-28-20-18(26-14-27-23(20)29)12-11-16-7-3-1-4-8-16/h1-10,14-15,19,21-22,24-25,30-31H,11-13H2,(H2,32,33,34)/t19-,21-,22-,24-,25?/m1/s1. The van der Waals surface area contributed by atoms with E-state index in [-0.39, 0.29) is 5.75 Å². The van der Waals surface area contributed by atoms with E-state index in [1.54, 1.807) is 34.9 Å². The van der Waals surface area contributed by atoms with Crippen LogP contribution in [0.1, 0.15) is 28.0 Å². The molecule has 0 amide bonds. The number of hydrogen-bond donors (Lipinski definition) is 4. The molecule has 0 radical (unpaired) electrons. The lowest BCUT2D eigenvalue weighted by molar-refractivity contribution is -0.0289. The SMILES string of the molecule is O=P(O)(O)C(SC[C@H]1O[C@@H](n2cnc3c(CCc4ccccc4)ncnc32)[C@H](O)[C@@H]1O)c1ccccc1. The van der Waals surface area contributed by atoms with Crippen molar-refractivity contribution in [2.24, 2.45) is 0 Å². The Bertz CT molecular complexity index is 1390. The third-order valence-corrected chi connectivity index (χ3v) is 9.64. The average Bonchev–Trinajstić information content (AvgIpc) is 3.45. The first-order valence-electron chi connectivity index (χ1n) is 11.8. The molecule has 1 saturated heterocycles. The number of benzene rings is 2. The molecule has 12 heteroatoms. The Morgan fingerprint density at radius 3 is 2.35 bits per heavy atom. The zero-order chi connectivity index (χ0) is 26.0. The number of hydrogen-bond acceptors (Lipinski definition) is 8. The summed E-state index contributed by atoms with van der Waals surface area (Å²) >= 11 is 0.985. The van der Waals surface area contributed by atoms with E-state index in [9.17, 15) is 24.6 Å². The molecule has 2 aromatic carbocycles. The van der Waals surface area contributed by atoms with Crippen LogP contribution in [0.15, 0.2) is 73.3 Å². The summed E-state index contributed by atoms with van der Waals surface area (Å²) in [6, 6.07) is 18.5. The van der Waals surface area contributed by atoms with Crippen molar-refractivity contribution < 1.29 is 29.3 Å². The number of aromatic nitrogens is 4. The molecule has 0 aliphatic carbocycles. The van der Waals surface area contributed by atoms with E-state index in [0.29, 0.717) is 23.1 Å². The number of thioether (sulfide) groups is 1. The van der Waals surface area contributed by atoms with Crippen molar-refractivity contribution >= 4 is 30.5 Å². The molecule has 1 aliphatic rings. The van der Waals surface area contributed by atoms with Crippen LogP contribution in [-0.4, -0.2) is 63.6 Å². The van der Waals surface area contributed by atoms with E-state index >= 15 is 0 Å². The summed E-state index contributed by atoms with van der Waals surface area (Å²) in [4.78, 5) is 31.9. The molecule has 10 nitrogen and oxygen atoms in total. The third-order valence-electron chi connectivity index (χ3n) is 6.35. The van der Waals surface area contributed by atoms with Crippen molar-refractivity contribution in [2.75, 3.05) is 5.75 Å². The Kier molecular flexibility index (Phi) is 7.73. The molecule has 5 atom stereocenters. The second-order valence-electron chi connectivity index (χ2n) is 8.86. The van der Waals surface area contributed by atoms with Crippen molar-refractivity contribution in [3.8, 4) is 0 Å². The van der Waals surface area contributed by atoms with Crippen LogP contribution in [0.4, 0.5) is 0 Å². The maximum absolute atomic E-state index is 12.2. The largest absolute Gasteiger partial charge is 0.387 e. The molecule has 2 aromatic heterocycles. The molecule has 3 heterocycles. The van der Waals surface area contributed by atoms with Gasteiger partial charge in [-0.25, -0.2) is 15.0 Å². The lowest BCUT2D eigenvalue weighted by Crippen LogP contribution is -2.32. The molecule has 1 aliphatic heterocycles. The number of imidazole rings is 1. The maximum atomic E-state index is 12.2. The molecular formula is C25H27N4O6PS. The number of nitrogens with zero attached hydrogens (tertiary/aromatic N) is 4. The minimum Gasteiger partial charge on any atom is -0.387 e. The van der Waals surface area contributed by atoms with Crippen LogP contribution in [0.2, 0.25) is 0 Å². The quantitative estimate of drug-likeness (QED) is 0.233. The van der Waals surface area contributed by atoms with Crippen molar-refractivity contribution in [1.29, 1.82) is 0 Å². The van der Waals surface area contributed by atoms with Crippen LogP contribution in [0.3, 0.4) is 0 Å². The third kappa shape index (κ3) is 5.63. The van der Waals surface area contributed by atoms with Crippen molar-refractivity contribution in [3.63, 3.8) is 0 Å². The van der Waals surface area contributed by atoms with Gasteiger partial charge in [-0.3, -0.25) is 9.13 Å². The van der Waals surface area contributed by atoms with Gasteiger partial charge in [-0.15, -0.1) is 11.8 Å². The van der Waals surface area contributed by atoms with Gasteiger partial charge in [-0.05, 0) is 24.0 Å². The van der Waals surface area contributed by atoms with Crippen LogP contribution in [0.25, 0.3) is 11.2 Å². The normalized spacial score (nSPS) is 22.9. The fourth-order valence-electron chi connectivity index (χ4n) is 4.46. The minimum absolute atomic E-state index is 0.0589. The average molecular weight is 543 g/mol. The van der Waals surface area contributed by atoms with Crippen LogP contribution >= 0.6 is 19.4 Å². The first kappa shape index (κ1) is 26.0. The number of aliphatic hydroxyl groups excluding tert-OH is 2. The second kappa shape index (κ2) is 11.0. The highest BCUT2D eigenvalue weighted by Gasteiger charge is 2.45. The summed E-state index contributed by atoms with van der Waals surface area (Å²) in [6.07, 6.45) is 0.00749. The van der Waals surface area contributed by atoms with E-state index in [1.165, 1.54) is 18.2 Å². The van der Waals surface area contributed by atoms with Crippen LogP contribution in [0, 0.1) is 0 Å². The first-order chi connectivity index (χ1) is 17.8. The maximum Gasteiger partial charge on any atom is 0.342 e. The molecule has 4 N–H and O–H groups in total. The van der Waals surface area contributed by atoms with Gasteiger partial charge in [-0.1, -0.05) is 60.7 Å². The van der Waals surface area contributed by atoms with E-state index < -0.39 is 37.1 Å². The summed E-state index contributed by atoms with van der Waals surface area (Å²) in [5.41, 5.74) is 3.48. The highest BCUT2D eigenvalue weighted by molar-refractivity contribution is 8.04. The number of fused-ring (bicyclic) bond motifs is 1. The van der Waals surface area contributed by atoms with E-state index in [0.717, 1.165) is 23.9 Å². The molecule has 0 spiro atoms. The fraction of sp³-hybridized carbons (Fsp3) is 0.320. The van der Waals surface area contributed by atoms with Gasteiger partial charge in [0, 0.05) is 5.75 Å². The number of aliphatic hydroxyl groups is 2. The van der Waals surface area contributed by atoms with Crippen LogP contribution in [0.5, 0.6) is 0 Å². The van der Waals surface area contributed by atoms with Gasteiger partial charge in [0.2, 0.25) is 0 Å². The highest BCUT2D eigenvalue weighted by atomic mass is 32.2. The molecule has 1 fully saturated rings. The van der Waals surface area contributed by atoms with Gasteiger partial charge >= 0.3 is 7.60 Å². The van der Waals surface area contributed by atoms with Gasteiger partial charge in [0.05, 0.1) is 18.1 Å². The minimum atomic E-state index is -4.49. The summed E-state index contributed by atoms with van der Waals surface area (Å²) in [5, 5.41) is 21.5. The van der Waals surface area contributed by atoms with E-state index in [4.69, 9.17) is 4.74 Å². The summed E-state index contributed by atoms with van der Waals surface area (Å²) < 4.78 is 19.7. The van der Waals surface area contributed by atoms with Gasteiger partial charge < -0.3 is 24.7 Å². The Balaban J connectivity index is 1.32. The van der Waals surface area contributed by atoms with Crippen LogP contribution < -0.4 is 0 Å². The predicted octanol–water partition coefficient (Wildman–Crippen LogP) is 2.84. The zero-order valence-electron chi connectivity index (χ0n) is 19.7. The fourth-order valence-corrected chi connectivity index (χ4v) is 7.06. The zero-order valence-corrected chi connectivity index (χ0v) is 21.4. The number of rotatable bonds is 9. The molecule has 1 unspecified atom stereocenters. The Morgan fingerprint density at radius 2 is 1.65 bits per heavy atom. The predicted molar refractivity (Wildman–Crippen MR) is 139 cm³/mol. The van der Waals surface area contributed by atoms with Crippen molar-refractivity contribution in [2.45, 2.75) is 42.4 Å². The van der Waals surface area contributed by atoms with Gasteiger partial charge in [0.1, 0.15) is 29.0 Å². The lowest BCUT2D eigenvalue weighted by atomic mass is 10.1. The van der Waals surface area contributed by atoms with E-state index in [1.807, 2.05) is 30.3 Å². The van der Waals surface area contributed by atoms with Crippen LogP contribution in [-0.2, 0) is 22.1 Å².